The molecule has 7 aromatic carbocycles. The van der Waals surface area contributed by atoms with E-state index in [9.17, 15) is 0 Å². The van der Waals surface area contributed by atoms with E-state index in [0.29, 0.717) is 0 Å². The van der Waals surface area contributed by atoms with Gasteiger partial charge in [0.1, 0.15) is 0 Å². The SMILES string of the molecule is CCCCc1ccc2c(c1)C1(C)C=CC(C)C3=C1C1(C)C(=C4c5ccccc5SC43C)B3c4c(cc(-c5ccccc5)cc4N21)-c1ccc(-c2ccccc2)cc1N3c1ccccc1. The van der Waals surface area contributed by atoms with Crippen LogP contribution in [0, 0.1) is 5.92 Å². The summed E-state index contributed by atoms with van der Waals surface area (Å²) in [7, 11) is 0. The average molecular weight is 843 g/mol. The van der Waals surface area contributed by atoms with Gasteiger partial charge in [-0.1, -0.05) is 154 Å². The molecular weight excluding hydrogens is 792 g/mol. The molecular formula is C60H51BN2S. The lowest BCUT2D eigenvalue weighted by molar-refractivity contribution is 0.461. The van der Waals surface area contributed by atoms with Crippen molar-refractivity contribution in [1.29, 1.82) is 0 Å². The van der Waals surface area contributed by atoms with Crippen LogP contribution < -0.4 is 15.2 Å². The molecule has 2 aliphatic carbocycles. The van der Waals surface area contributed by atoms with Crippen LogP contribution in [-0.2, 0) is 11.8 Å². The van der Waals surface area contributed by atoms with E-state index in [4.69, 9.17) is 0 Å². The third-order valence-corrected chi connectivity index (χ3v) is 17.2. The predicted molar refractivity (Wildman–Crippen MR) is 273 cm³/mol. The molecule has 0 amide bonds. The molecule has 0 saturated carbocycles. The number of nitrogens with zero attached hydrogens (tertiary/aromatic N) is 2. The van der Waals surface area contributed by atoms with Crippen LogP contribution in [0.15, 0.2) is 197 Å². The minimum Gasteiger partial charge on any atom is -0.377 e. The topological polar surface area (TPSA) is 6.48 Å². The van der Waals surface area contributed by atoms with E-state index in [-0.39, 0.29) is 22.9 Å². The minimum absolute atomic E-state index is 0.0945. The second kappa shape index (κ2) is 13.6. The van der Waals surface area contributed by atoms with Crippen LogP contribution in [-0.4, -0.2) is 17.1 Å². The number of hydrogen-bond donors (Lipinski definition) is 0. The third-order valence-electron chi connectivity index (χ3n) is 15.8. The summed E-state index contributed by atoms with van der Waals surface area (Å²) in [6.07, 6.45) is 8.63. The van der Waals surface area contributed by atoms with Crippen molar-refractivity contribution < 1.29 is 0 Å². The van der Waals surface area contributed by atoms with E-state index in [1.165, 1.54) is 107 Å². The maximum atomic E-state index is 2.86. The highest BCUT2D eigenvalue weighted by molar-refractivity contribution is 8.01. The number of thioether (sulfide) groups is 1. The fourth-order valence-electron chi connectivity index (χ4n) is 13.2. The van der Waals surface area contributed by atoms with Crippen LogP contribution in [0.25, 0.3) is 39.0 Å². The number of anilines is 4. The van der Waals surface area contributed by atoms with Gasteiger partial charge in [-0.15, -0.1) is 11.8 Å². The Balaban J connectivity index is 1.24. The number of hydrogen-bond acceptors (Lipinski definition) is 3. The van der Waals surface area contributed by atoms with E-state index in [0.717, 1.165) is 6.42 Å². The van der Waals surface area contributed by atoms with Crippen molar-refractivity contribution in [2.45, 2.75) is 74.5 Å². The first kappa shape index (κ1) is 38.3. The Kier molecular flexibility index (Phi) is 8.15. The Bertz CT molecular complexity index is 3200. The van der Waals surface area contributed by atoms with Crippen molar-refractivity contribution in [3.63, 3.8) is 0 Å². The Morgan fingerprint density at radius 1 is 0.625 bits per heavy atom. The van der Waals surface area contributed by atoms with Crippen LogP contribution in [0.3, 0.4) is 0 Å². The maximum absolute atomic E-state index is 2.86. The molecule has 4 unspecified atom stereocenters. The lowest BCUT2D eigenvalue weighted by Crippen LogP contribution is -2.71. The fourth-order valence-corrected chi connectivity index (χ4v) is 14.8. The molecule has 0 bridgehead atoms. The van der Waals surface area contributed by atoms with Crippen LogP contribution >= 0.6 is 11.8 Å². The molecule has 0 spiro atoms. The van der Waals surface area contributed by atoms with Gasteiger partial charge >= 0.3 is 6.85 Å². The standard InChI is InChI=1S/C60H51BN2S/c1-6-7-19-39-28-31-49-48(34-39)58(3)33-32-38(2)53-56(58)59(4)57(54-46-26-17-18-27-52(46)64-60(53,54)5)61-55-47(35-43(37-51(55)62(49)59)41-22-13-9-14-23-41)45-30-29-42(40-20-11-8-12-21-40)36-50(45)63(61)44-24-15-10-16-25-44/h8-18,20-38H,6-7,19H2,1-5H3. The monoisotopic (exact) mass is 842 g/mol. The van der Waals surface area contributed by atoms with Crippen LogP contribution in [0.2, 0.25) is 0 Å². The molecule has 2 nitrogen and oxygen atoms in total. The molecule has 6 aliphatic rings. The Labute approximate surface area is 383 Å². The summed E-state index contributed by atoms with van der Waals surface area (Å²) in [5.74, 6) is 0.272. The molecule has 4 heteroatoms. The average Bonchev–Trinajstić information content (AvgIpc) is 3.64. The van der Waals surface area contributed by atoms with Crippen molar-refractivity contribution in [1.82, 2.24) is 0 Å². The zero-order valence-electron chi connectivity index (χ0n) is 37.3. The summed E-state index contributed by atoms with van der Waals surface area (Å²) in [4.78, 5) is 6.99. The first-order valence-electron chi connectivity index (χ1n) is 23.4. The van der Waals surface area contributed by atoms with Gasteiger partial charge < -0.3 is 9.71 Å². The molecule has 0 aromatic heterocycles. The number of fused-ring (bicyclic) bond motifs is 11. The van der Waals surface area contributed by atoms with Gasteiger partial charge in [-0.3, -0.25) is 0 Å². The molecule has 13 rings (SSSR count). The highest BCUT2D eigenvalue weighted by atomic mass is 32.2. The van der Waals surface area contributed by atoms with E-state index >= 15 is 0 Å². The van der Waals surface area contributed by atoms with Crippen LogP contribution in [0.4, 0.5) is 22.7 Å². The maximum Gasteiger partial charge on any atom is 0.329 e. The zero-order valence-corrected chi connectivity index (χ0v) is 38.1. The summed E-state index contributed by atoms with van der Waals surface area (Å²) >= 11 is 2.10. The zero-order chi connectivity index (χ0) is 43.1. The van der Waals surface area contributed by atoms with Crippen molar-refractivity contribution in [3.8, 4) is 33.4 Å². The molecule has 64 heavy (non-hydrogen) atoms. The van der Waals surface area contributed by atoms with E-state index in [1.807, 2.05) is 0 Å². The van der Waals surface area contributed by atoms with Crippen molar-refractivity contribution in [3.05, 3.63) is 209 Å². The summed E-state index contributed by atoms with van der Waals surface area (Å²) in [6, 6.07) is 62.6. The van der Waals surface area contributed by atoms with Crippen LogP contribution in [0.5, 0.6) is 0 Å². The van der Waals surface area contributed by atoms with E-state index in [1.54, 1.807) is 11.1 Å². The largest absolute Gasteiger partial charge is 0.377 e. The normalized spacial score (nSPS) is 23.9. The number of aryl methyl sites for hydroxylation is 1. The lowest BCUT2D eigenvalue weighted by atomic mass is 9.34. The predicted octanol–water partition coefficient (Wildman–Crippen LogP) is 14.9. The second-order valence-electron chi connectivity index (χ2n) is 19.5. The molecule has 7 aromatic rings. The Morgan fingerprint density at radius 3 is 2.06 bits per heavy atom. The Hall–Kier alpha value is -6.23. The third kappa shape index (κ3) is 4.95. The first-order valence-corrected chi connectivity index (χ1v) is 24.3. The number of para-hydroxylation sites is 1. The van der Waals surface area contributed by atoms with Crippen molar-refractivity contribution in [2.24, 2.45) is 5.92 Å². The smallest absolute Gasteiger partial charge is 0.329 e. The highest BCUT2D eigenvalue weighted by Crippen LogP contribution is 2.72. The van der Waals surface area contributed by atoms with Gasteiger partial charge in [-0.05, 0) is 154 Å². The van der Waals surface area contributed by atoms with Crippen molar-refractivity contribution in [2.75, 3.05) is 9.71 Å². The molecule has 0 radical (unpaired) electrons. The van der Waals surface area contributed by atoms with Gasteiger partial charge in [0.25, 0.3) is 0 Å². The molecule has 0 fully saturated rings. The minimum atomic E-state index is -0.514. The molecule has 0 N–H and O–H groups in total. The van der Waals surface area contributed by atoms with Gasteiger partial charge in [0.2, 0.25) is 0 Å². The fraction of sp³-hybridized carbons (Fsp3) is 0.200. The van der Waals surface area contributed by atoms with Gasteiger partial charge in [-0.25, -0.2) is 0 Å². The van der Waals surface area contributed by atoms with Gasteiger partial charge in [0.15, 0.2) is 0 Å². The quantitative estimate of drug-likeness (QED) is 0.122. The molecule has 4 heterocycles. The lowest BCUT2D eigenvalue weighted by Gasteiger charge is -2.66. The van der Waals surface area contributed by atoms with Crippen molar-refractivity contribution >= 4 is 52.4 Å². The Morgan fingerprint density at radius 2 is 1.31 bits per heavy atom. The number of benzene rings is 7. The van der Waals surface area contributed by atoms with Crippen LogP contribution in [0.1, 0.15) is 64.2 Å². The molecule has 4 atom stereocenters. The van der Waals surface area contributed by atoms with E-state index in [2.05, 4.69) is 232 Å². The summed E-state index contributed by atoms with van der Waals surface area (Å²) < 4.78 is -0.279. The first-order chi connectivity index (χ1) is 31.2. The van der Waals surface area contributed by atoms with E-state index < -0.39 is 5.54 Å². The summed E-state index contributed by atoms with van der Waals surface area (Å²) in [5.41, 5.74) is 23.7. The summed E-state index contributed by atoms with van der Waals surface area (Å²) in [6.45, 7) is 12.5. The number of allylic oxidation sites excluding steroid dienone is 2. The summed E-state index contributed by atoms with van der Waals surface area (Å²) in [5, 5.41) is 0. The van der Waals surface area contributed by atoms with Gasteiger partial charge in [-0.2, -0.15) is 0 Å². The number of unbranched alkanes of at least 4 members (excludes halogenated alkanes) is 1. The van der Waals surface area contributed by atoms with Gasteiger partial charge in [0, 0.05) is 38.6 Å². The molecule has 0 saturated heterocycles. The van der Waals surface area contributed by atoms with Gasteiger partial charge in [0.05, 0.1) is 10.3 Å². The highest BCUT2D eigenvalue weighted by Gasteiger charge is 2.68. The molecule has 310 valence electrons. The second-order valence-corrected chi connectivity index (χ2v) is 20.9. The molecule has 4 aliphatic heterocycles. The number of rotatable bonds is 6.